The van der Waals surface area contributed by atoms with Gasteiger partial charge in [0, 0.05) is 12.3 Å². The fourth-order valence-electron chi connectivity index (χ4n) is 2.37. The SMILES string of the molecule is CC(C)C(NC(=O)C(CO)NC(=O)C(CCCN=C(N)N)NC(=O)C(N)CS)C(=O)O. The van der Waals surface area contributed by atoms with E-state index in [0.29, 0.717) is 6.42 Å². The number of carboxylic acid groups (broad SMARTS) is 1. The Balaban J connectivity index is 5.26. The molecule has 4 unspecified atom stereocenters. The van der Waals surface area contributed by atoms with E-state index in [9.17, 15) is 29.4 Å². The van der Waals surface area contributed by atoms with Crippen LogP contribution in [-0.4, -0.2) is 82.9 Å². The van der Waals surface area contributed by atoms with E-state index >= 15 is 0 Å². The minimum absolute atomic E-state index is 0.0433. The van der Waals surface area contributed by atoms with Crippen LogP contribution < -0.4 is 33.2 Å². The first-order valence-electron chi connectivity index (χ1n) is 9.61. The highest BCUT2D eigenvalue weighted by Crippen LogP contribution is 2.04. The molecule has 11 N–H and O–H groups in total. The summed E-state index contributed by atoms with van der Waals surface area (Å²) in [5.41, 5.74) is 16.1. The van der Waals surface area contributed by atoms with Gasteiger partial charge in [0.2, 0.25) is 17.7 Å². The molecule has 0 aromatic heterocycles. The van der Waals surface area contributed by atoms with Gasteiger partial charge in [-0.05, 0) is 18.8 Å². The van der Waals surface area contributed by atoms with Crippen molar-refractivity contribution in [1.29, 1.82) is 0 Å². The largest absolute Gasteiger partial charge is 0.480 e. The highest BCUT2D eigenvalue weighted by atomic mass is 32.1. The third-order valence-electron chi connectivity index (χ3n) is 4.16. The fourth-order valence-corrected chi connectivity index (χ4v) is 2.53. The average molecular weight is 464 g/mol. The first kappa shape index (κ1) is 28.4. The number of aliphatic hydroxyl groups is 1. The number of nitrogens with zero attached hydrogens (tertiary/aromatic N) is 1. The number of nitrogens with two attached hydrogens (primary N) is 3. The monoisotopic (exact) mass is 463 g/mol. The zero-order valence-corrected chi connectivity index (χ0v) is 18.5. The van der Waals surface area contributed by atoms with E-state index in [1.165, 1.54) is 0 Å². The van der Waals surface area contributed by atoms with E-state index in [1.807, 2.05) is 0 Å². The van der Waals surface area contributed by atoms with Gasteiger partial charge in [-0.15, -0.1) is 0 Å². The second-order valence-electron chi connectivity index (χ2n) is 7.11. The Morgan fingerprint density at radius 3 is 2.00 bits per heavy atom. The molecule has 0 radical (unpaired) electrons. The van der Waals surface area contributed by atoms with E-state index < -0.39 is 60.4 Å². The lowest BCUT2D eigenvalue weighted by atomic mass is 10.0. The molecule has 3 amide bonds. The second-order valence-corrected chi connectivity index (χ2v) is 7.48. The number of carbonyl (C=O) groups excluding carboxylic acids is 3. The minimum Gasteiger partial charge on any atom is -0.480 e. The number of guanidine groups is 1. The summed E-state index contributed by atoms with van der Waals surface area (Å²) in [6, 6.07) is -4.70. The number of aliphatic hydroxyl groups excluding tert-OH is 1. The summed E-state index contributed by atoms with van der Waals surface area (Å²) in [5.74, 6) is -4.05. The number of rotatable bonds is 14. The Labute approximate surface area is 186 Å². The molecule has 0 saturated heterocycles. The van der Waals surface area contributed by atoms with E-state index in [0.717, 1.165) is 0 Å². The maximum Gasteiger partial charge on any atom is 0.326 e. The molecule has 0 aliphatic rings. The molecule has 13 nitrogen and oxygen atoms in total. The smallest absolute Gasteiger partial charge is 0.326 e. The lowest BCUT2D eigenvalue weighted by Gasteiger charge is -2.25. The molecule has 0 saturated carbocycles. The maximum absolute atomic E-state index is 12.7. The van der Waals surface area contributed by atoms with Crippen LogP contribution in [0.5, 0.6) is 0 Å². The lowest BCUT2D eigenvalue weighted by molar-refractivity contribution is -0.143. The normalized spacial score (nSPS) is 14.6. The molecule has 4 atom stereocenters. The summed E-state index contributed by atoms with van der Waals surface area (Å²) in [6.45, 7) is 2.60. The third kappa shape index (κ3) is 10.8. The molecular weight excluding hydrogens is 430 g/mol. The molecule has 178 valence electrons. The van der Waals surface area contributed by atoms with Gasteiger partial charge < -0.3 is 43.4 Å². The molecule has 31 heavy (non-hydrogen) atoms. The van der Waals surface area contributed by atoms with Crippen LogP contribution in [0.2, 0.25) is 0 Å². The first-order chi connectivity index (χ1) is 14.4. The fraction of sp³-hybridized carbons (Fsp3) is 0.706. The number of hydrogen-bond donors (Lipinski definition) is 9. The Kier molecular flexibility index (Phi) is 13.2. The predicted molar refractivity (Wildman–Crippen MR) is 117 cm³/mol. The zero-order chi connectivity index (χ0) is 24.1. The number of carboxylic acids is 1. The number of carbonyl (C=O) groups is 4. The van der Waals surface area contributed by atoms with Crippen LogP contribution in [0, 0.1) is 5.92 Å². The molecule has 0 spiro atoms. The molecule has 0 fully saturated rings. The highest BCUT2D eigenvalue weighted by molar-refractivity contribution is 7.80. The zero-order valence-electron chi connectivity index (χ0n) is 17.6. The second kappa shape index (κ2) is 14.4. The Hall–Kier alpha value is -2.58. The van der Waals surface area contributed by atoms with Crippen LogP contribution in [0.4, 0.5) is 0 Å². The van der Waals surface area contributed by atoms with Gasteiger partial charge >= 0.3 is 5.97 Å². The van der Waals surface area contributed by atoms with Crippen LogP contribution in [0.15, 0.2) is 4.99 Å². The Bertz CT molecular complexity index is 657. The topological polar surface area (TPSA) is 235 Å². The average Bonchev–Trinajstić information content (AvgIpc) is 2.70. The van der Waals surface area contributed by atoms with Gasteiger partial charge in [0.05, 0.1) is 12.6 Å². The van der Waals surface area contributed by atoms with Crippen LogP contribution in [0.25, 0.3) is 0 Å². The van der Waals surface area contributed by atoms with Crippen molar-refractivity contribution in [3.05, 3.63) is 0 Å². The van der Waals surface area contributed by atoms with E-state index in [-0.39, 0.29) is 24.7 Å². The summed E-state index contributed by atoms with van der Waals surface area (Å²) in [4.78, 5) is 52.2. The number of amides is 3. The van der Waals surface area contributed by atoms with E-state index in [4.69, 9.17) is 17.2 Å². The van der Waals surface area contributed by atoms with E-state index in [1.54, 1.807) is 13.8 Å². The summed E-state index contributed by atoms with van der Waals surface area (Å²) >= 11 is 3.93. The summed E-state index contributed by atoms with van der Waals surface area (Å²) in [7, 11) is 0. The Morgan fingerprint density at radius 2 is 1.55 bits per heavy atom. The van der Waals surface area contributed by atoms with Crippen molar-refractivity contribution in [2.45, 2.75) is 50.9 Å². The van der Waals surface area contributed by atoms with Gasteiger partial charge in [-0.2, -0.15) is 12.6 Å². The number of hydrogen-bond acceptors (Lipinski definition) is 8. The van der Waals surface area contributed by atoms with Crippen molar-refractivity contribution in [1.82, 2.24) is 16.0 Å². The van der Waals surface area contributed by atoms with Crippen molar-refractivity contribution in [3.63, 3.8) is 0 Å². The molecule has 0 aliphatic carbocycles. The van der Waals surface area contributed by atoms with Gasteiger partial charge in [-0.3, -0.25) is 19.4 Å². The molecular formula is C17H33N7O6S. The minimum atomic E-state index is -1.43. The predicted octanol–water partition coefficient (Wildman–Crippen LogP) is -3.52. The number of nitrogens with one attached hydrogen (secondary N) is 3. The lowest BCUT2D eigenvalue weighted by Crippen LogP contribution is -2.58. The molecule has 0 aromatic carbocycles. The van der Waals surface area contributed by atoms with Crippen LogP contribution in [-0.2, 0) is 19.2 Å². The van der Waals surface area contributed by atoms with Crippen molar-refractivity contribution >= 4 is 42.3 Å². The summed E-state index contributed by atoms with van der Waals surface area (Å²) in [5, 5.41) is 25.7. The van der Waals surface area contributed by atoms with Gasteiger partial charge in [0.1, 0.15) is 18.1 Å². The van der Waals surface area contributed by atoms with Crippen LogP contribution in [0.1, 0.15) is 26.7 Å². The van der Waals surface area contributed by atoms with Gasteiger partial charge in [-0.25, -0.2) is 4.79 Å². The number of thiol groups is 1. The third-order valence-corrected chi connectivity index (χ3v) is 4.55. The summed E-state index contributed by atoms with van der Waals surface area (Å²) in [6.07, 6.45) is 0.425. The maximum atomic E-state index is 12.7. The van der Waals surface area contributed by atoms with Crippen molar-refractivity contribution in [3.8, 4) is 0 Å². The van der Waals surface area contributed by atoms with Crippen LogP contribution >= 0.6 is 12.6 Å². The highest BCUT2D eigenvalue weighted by Gasteiger charge is 2.30. The number of aliphatic carboxylic acids is 1. The molecule has 0 aliphatic heterocycles. The van der Waals surface area contributed by atoms with Gasteiger partial charge in [0.25, 0.3) is 0 Å². The number of aliphatic imine (C=N–C) groups is 1. The molecule has 0 rings (SSSR count). The van der Waals surface area contributed by atoms with Gasteiger partial charge in [-0.1, -0.05) is 13.8 Å². The first-order valence-corrected chi connectivity index (χ1v) is 10.2. The van der Waals surface area contributed by atoms with Crippen LogP contribution in [0.3, 0.4) is 0 Å². The van der Waals surface area contributed by atoms with Crippen molar-refractivity contribution in [2.24, 2.45) is 28.1 Å². The van der Waals surface area contributed by atoms with Gasteiger partial charge in [0.15, 0.2) is 5.96 Å². The molecule has 0 aromatic rings. The molecule has 0 heterocycles. The summed E-state index contributed by atoms with van der Waals surface area (Å²) < 4.78 is 0. The van der Waals surface area contributed by atoms with Crippen molar-refractivity contribution < 1.29 is 29.4 Å². The van der Waals surface area contributed by atoms with Crippen molar-refractivity contribution in [2.75, 3.05) is 18.9 Å². The Morgan fingerprint density at radius 1 is 1.00 bits per heavy atom. The molecule has 0 bridgehead atoms. The van der Waals surface area contributed by atoms with E-state index in [2.05, 4.69) is 33.6 Å². The molecule has 14 heteroatoms. The quantitative estimate of drug-likeness (QED) is 0.0536. The standard InChI is InChI=1S/C17H33N7O6S/c1-8(2)12(16(29)30)24-15(28)11(6-25)23-14(27)10(4-3-5-21-17(19)20)22-13(26)9(18)7-31/h8-12,25,31H,3-7,18H2,1-2H3,(H,22,26)(H,23,27)(H,24,28)(H,29,30)(H4,19,20,21).